The second kappa shape index (κ2) is 10.3. The van der Waals surface area contributed by atoms with Crippen molar-refractivity contribution in [2.24, 2.45) is 0 Å². The standard InChI is InChI=1S/C22H25N3O6S/c1-25(18-9-3-2-4-10-18)32(29,30)19-13-11-16(12-14-19)21(27)31-15-20(26)24-22(28)23-17-7-5-6-8-17/h2-4,9-14,17H,5-8,15H2,1H3,(H2,23,24,26,28). The van der Waals surface area contributed by atoms with E-state index in [1.165, 1.54) is 31.3 Å². The number of carbonyl (C=O) groups excluding carboxylic acids is 3. The molecule has 9 nitrogen and oxygen atoms in total. The van der Waals surface area contributed by atoms with E-state index < -0.39 is 34.5 Å². The molecule has 10 heteroatoms. The Morgan fingerprint density at radius 3 is 2.25 bits per heavy atom. The summed E-state index contributed by atoms with van der Waals surface area (Å²) in [7, 11) is -2.37. The lowest BCUT2D eigenvalue weighted by Gasteiger charge is -2.19. The van der Waals surface area contributed by atoms with Gasteiger partial charge < -0.3 is 10.1 Å². The minimum Gasteiger partial charge on any atom is -0.452 e. The van der Waals surface area contributed by atoms with Gasteiger partial charge in [-0.1, -0.05) is 31.0 Å². The van der Waals surface area contributed by atoms with Crippen molar-refractivity contribution in [1.82, 2.24) is 10.6 Å². The fourth-order valence-electron chi connectivity index (χ4n) is 3.37. The molecule has 1 aliphatic carbocycles. The zero-order valence-corrected chi connectivity index (χ0v) is 18.4. The third-order valence-electron chi connectivity index (χ3n) is 5.15. The van der Waals surface area contributed by atoms with Crippen molar-refractivity contribution in [3.05, 3.63) is 60.2 Å². The highest BCUT2D eigenvalue weighted by Crippen LogP contribution is 2.22. The van der Waals surface area contributed by atoms with Crippen LogP contribution in [0.15, 0.2) is 59.5 Å². The lowest BCUT2D eigenvalue weighted by atomic mass is 10.2. The van der Waals surface area contributed by atoms with Gasteiger partial charge in [0.15, 0.2) is 6.61 Å². The molecule has 0 atom stereocenters. The van der Waals surface area contributed by atoms with E-state index in [9.17, 15) is 22.8 Å². The molecule has 2 N–H and O–H groups in total. The smallest absolute Gasteiger partial charge is 0.338 e. The van der Waals surface area contributed by atoms with Crippen molar-refractivity contribution in [3.8, 4) is 0 Å². The zero-order valence-electron chi connectivity index (χ0n) is 17.6. The molecule has 0 heterocycles. The Balaban J connectivity index is 1.53. The highest BCUT2D eigenvalue weighted by atomic mass is 32.2. The van der Waals surface area contributed by atoms with E-state index in [-0.39, 0.29) is 16.5 Å². The van der Waals surface area contributed by atoms with Crippen LogP contribution in [0, 0.1) is 0 Å². The minimum atomic E-state index is -3.81. The van der Waals surface area contributed by atoms with Crippen molar-refractivity contribution in [1.29, 1.82) is 0 Å². The normalized spacial score (nSPS) is 13.9. The molecule has 3 rings (SSSR count). The van der Waals surface area contributed by atoms with Crippen LogP contribution in [0.4, 0.5) is 10.5 Å². The number of amides is 3. The van der Waals surface area contributed by atoms with Gasteiger partial charge in [-0.05, 0) is 49.2 Å². The number of hydrogen-bond acceptors (Lipinski definition) is 6. The molecule has 0 saturated heterocycles. The van der Waals surface area contributed by atoms with Crippen LogP contribution in [-0.2, 0) is 19.6 Å². The van der Waals surface area contributed by atoms with Crippen molar-refractivity contribution in [2.45, 2.75) is 36.6 Å². The fourth-order valence-corrected chi connectivity index (χ4v) is 4.56. The Morgan fingerprint density at radius 1 is 1.00 bits per heavy atom. The maximum Gasteiger partial charge on any atom is 0.338 e. The number of nitrogens with one attached hydrogen (secondary N) is 2. The molecule has 0 radical (unpaired) electrons. The summed E-state index contributed by atoms with van der Waals surface area (Å²) in [5.41, 5.74) is 0.577. The minimum absolute atomic E-state index is 0.00160. The van der Waals surface area contributed by atoms with Crippen molar-refractivity contribution in [3.63, 3.8) is 0 Å². The number of esters is 1. The van der Waals surface area contributed by atoms with E-state index in [2.05, 4.69) is 10.6 Å². The van der Waals surface area contributed by atoms with Crippen LogP contribution >= 0.6 is 0 Å². The summed E-state index contributed by atoms with van der Waals surface area (Å²) in [4.78, 5) is 35.8. The van der Waals surface area contributed by atoms with Gasteiger partial charge in [0.2, 0.25) is 0 Å². The first kappa shape index (κ1) is 23.3. The van der Waals surface area contributed by atoms with E-state index in [1.807, 2.05) is 0 Å². The molecule has 0 bridgehead atoms. The Hall–Kier alpha value is -3.40. The number of para-hydroxylation sites is 1. The van der Waals surface area contributed by atoms with E-state index in [0.29, 0.717) is 5.69 Å². The van der Waals surface area contributed by atoms with Gasteiger partial charge in [-0.2, -0.15) is 0 Å². The molecule has 0 aliphatic heterocycles. The molecule has 1 aliphatic rings. The second-order valence-electron chi connectivity index (χ2n) is 7.41. The Labute approximate surface area is 186 Å². The largest absolute Gasteiger partial charge is 0.452 e. The number of sulfonamides is 1. The van der Waals surface area contributed by atoms with Crippen LogP contribution in [0.3, 0.4) is 0 Å². The molecule has 0 spiro atoms. The fraction of sp³-hybridized carbons (Fsp3) is 0.318. The predicted octanol–water partition coefficient (Wildman–Crippen LogP) is 2.44. The molecule has 1 saturated carbocycles. The summed E-state index contributed by atoms with van der Waals surface area (Å²) in [6.07, 6.45) is 3.84. The maximum atomic E-state index is 12.8. The summed E-state index contributed by atoms with van der Waals surface area (Å²) in [5, 5.41) is 4.82. The molecule has 1 fully saturated rings. The van der Waals surface area contributed by atoms with Gasteiger partial charge in [-0.15, -0.1) is 0 Å². The number of hydrogen-bond donors (Lipinski definition) is 2. The van der Waals surface area contributed by atoms with Gasteiger partial charge in [0.05, 0.1) is 16.1 Å². The van der Waals surface area contributed by atoms with Crippen molar-refractivity contribution < 1.29 is 27.5 Å². The number of ether oxygens (including phenoxy) is 1. The van der Waals surface area contributed by atoms with Crippen molar-refractivity contribution >= 4 is 33.6 Å². The van der Waals surface area contributed by atoms with Crippen LogP contribution in [-0.4, -0.2) is 46.0 Å². The van der Waals surface area contributed by atoms with E-state index in [4.69, 9.17) is 4.74 Å². The first-order valence-electron chi connectivity index (χ1n) is 10.2. The number of benzene rings is 2. The number of imide groups is 1. The SMILES string of the molecule is CN(c1ccccc1)S(=O)(=O)c1ccc(C(=O)OCC(=O)NC(=O)NC2CCCC2)cc1. The van der Waals surface area contributed by atoms with E-state index in [1.54, 1.807) is 30.3 Å². The number of anilines is 1. The van der Waals surface area contributed by atoms with Crippen LogP contribution in [0.5, 0.6) is 0 Å². The first-order valence-corrected chi connectivity index (χ1v) is 11.6. The van der Waals surface area contributed by atoms with Gasteiger partial charge in [0.25, 0.3) is 15.9 Å². The topological polar surface area (TPSA) is 122 Å². The van der Waals surface area contributed by atoms with E-state index in [0.717, 1.165) is 30.0 Å². The quantitative estimate of drug-likeness (QED) is 0.614. The monoisotopic (exact) mass is 459 g/mol. The number of urea groups is 1. The Bertz CT molecular complexity index is 1060. The maximum absolute atomic E-state index is 12.8. The first-order chi connectivity index (χ1) is 15.3. The molecule has 0 aromatic heterocycles. The zero-order chi connectivity index (χ0) is 23.1. The Kier molecular flexibility index (Phi) is 7.47. The van der Waals surface area contributed by atoms with Gasteiger partial charge in [0.1, 0.15) is 0 Å². The summed E-state index contributed by atoms with van der Waals surface area (Å²) in [6, 6.07) is 13.2. The predicted molar refractivity (Wildman–Crippen MR) is 118 cm³/mol. The van der Waals surface area contributed by atoms with Gasteiger partial charge >= 0.3 is 12.0 Å². The van der Waals surface area contributed by atoms with Crippen LogP contribution in [0.2, 0.25) is 0 Å². The van der Waals surface area contributed by atoms with Crippen LogP contribution in [0.1, 0.15) is 36.0 Å². The lowest BCUT2D eigenvalue weighted by Crippen LogP contribution is -2.44. The molecule has 32 heavy (non-hydrogen) atoms. The number of carbonyl (C=O) groups is 3. The molecular formula is C22H25N3O6S. The van der Waals surface area contributed by atoms with Crippen LogP contribution in [0.25, 0.3) is 0 Å². The van der Waals surface area contributed by atoms with Crippen LogP contribution < -0.4 is 14.9 Å². The van der Waals surface area contributed by atoms with E-state index >= 15 is 0 Å². The Morgan fingerprint density at radius 2 is 1.62 bits per heavy atom. The number of rotatable bonds is 7. The van der Waals surface area contributed by atoms with Gasteiger partial charge in [-0.25, -0.2) is 18.0 Å². The molecular weight excluding hydrogens is 434 g/mol. The summed E-state index contributed by atoms with van der Waals surface area (Å²) in [5.74, 6) is -1.56. The average Bonchev–Trinajstić information content (AvgIpc) is 3.30. The third-order valence-corrected chi connectivity index (χ3v) is 6.95. The summed E-state index contributed by atoms with van der Waals surface area (Å²) < 4.78 is 31.6. The second-order valence-corrected chi connectivity index (χ2v) is 9.38. The summed E-state index contributed by atoms with van der Waals surface area (Å²) in [6.45, 7) is -0.631. The van der Waals surface area contributed by atoms with Crippen molar-refractivity contribution in [2.75, 3.05) is 18.0 Å². The van der Waals surface area contributed by atoms with Gasteiger partial charge in [0, 0.05) is 13.1 Å². The molecule has 3 amide bonds. The highest BCUT2D eigenvalue weighted by molar-refractivity contribution is 7.92. The summed E-state index contributed by atoms with van der Waals surface area (Å²) >= 11 is 0. The van der Waals surface area contributed by atoms with Gasteiger partial charge in [-0.3, -0.25) is 14.4 Å². The molecule has 2 aromatic carbocycles. The number of nitrogens with zero attached hydrogens (tertiary/aromatic N) is 1. The third kappa shape index (κ3) is 5.85. The molecule has 2 aromatic rings. The average molecular weight is 460 g/mol. The lowest BCUT2D eigenvalue weighted by molar-refractivity contribution is -0.123. The highest BCUT2D eigenvalue weighted by Gasteiger charge is 2.22. The molecule has 170 valence electrons. The molecule has 0 unspecified atom stereocenters.